The lowest BCUT2D eigenvalue weighted by Gasteiger charge is -2.17. The summed E-state index contributed by atoms with van der Waals surface area (Å²) in [4.78, 5) is 36.3. The molecular weight excluding hydrogens is 386 g/mol. The summed E-state index contributed by atoms with van der Waals surface area (Å²) in [6.45, 7) is 3.38. The van der Waals surface area contributed by atoms with Crippen molar-refractivity contribution in [1.82, 2.24) is 0 Å². The highest BCUT2D eigenvalue weighted by atomic mass is 35.5. The zero-order valence-corrected chi connectivity index (χ0v) is 16.6. The smallest absolute Gasteiger partial charge is 0.339 e. The molecule has 148 valence electrons. The van der Waals surface area contributed by atoms with Crippen molar-refractivity contribution in [2.45, 2.75) is 20.0 Å². The normalized spacial score (nSPS) is 11.3. The average molecular weight is 406 g/mol. The van der Waals surface area contributed by atoms with Gasteiger partial charge in [-0.3, -0.25) is 4.79 Å². The summed E-state index contributed by atoms with van der Waals surface area (Å²) in [5, 5.41) is 3.18. The lowest BCUT2D eigenvalue weighted by Crippen LogP contribution is -2.31. The summed E-state index contributed by atoms with van der Waals surface area (Å²) < 4.78 is 15.0. The molecule has 0 radical (unpaired) electrons. The summed E-state index contributed by atoms with van der Waals surface area (Å²) in [7, 11) is 2.45. The molecule has 2 aromatic carbocycles. The fourth-order valence-electron chi connectivity index (χ4n) is 2.36. The number of amides is 1. The maximum absolute atomic E-state index is 12.6. The van der Waals surface area contributed by atoms with E-state index in [9.17, 15) is 14.4 Å². The zero-order chi connectivity index (χ0) is 20.8. The number of carbonyl (C=O) groups is 3. The molecule has 0 saturated heterocycles. The van der Waals surface area contributed by atoms with Crippen molar-refractivity contribution in [3.05, 3.63) is 58.1 Å². The first-order valence-corrected chi connectivity index (χ1v) is 8.69. The van der Waals surface area contributed by atoms with E-state index in [2.05, 4.69) is 10.1 Å². The minimum Gasteiger partial charge on any atom is -0.481 e. The molecule has 8 heteroatoms. The summed E-state index contributed by atoms with van der Waals surface area (Å²) in [6.07, 6.45) is -0.882. The number of halogens is 1. The average Bonchev–Trinajstić information content (AvgIpc) is 2.69. The maximum atomic E-state index is 12.6. The second-order valence-corrected chi connectivity index (χ2v) is 6.31. The predicted molar refractivity (Wildman–Crippen MR) is 104 cm³/mol. The largest absolute Gasteiger partial charge is 0.481 e. The summed E-state index contributed by atoms with van der Waals surface area (Å²) in [5.41, 5.74) is 1.19. The van der Waals surface area contributed by atoms with E-state index in [1.165, 1.54) is 32.4 Å². The van der Waals surface area contributed by atoms with Gasteiger partial charge in [-0.15, -0.1) is 0 Å². The molecule has 1 amide bonds. The lowest BCUT2D eigenvalue weighted by molar-refractivity contribution is -0.122. The lowest BCUT2D eigenvalue weighted by atomic mass is 10.1. The predicted octanol–water partition coefficient (Wildman–Crippen LogP) is 3.63. The molecule has 7 nitrogen and oxygen atoms in total. The van der Waals surface area contributed by atoms with E-state index < -0.39 is 23.9 Å². The minimum absolute atomic E-state index is 0.0954. The second kappa shape index (κ2) is 9.23. The van der Waals surface area contributed by atoms with E-state index in [1.807, 2.05) is 6.92 Å². The van der Waals surface area contributed by atoms with Crippen molar-refractivity contribution in [2.24, 2.45) is 0 Å². The third kappa shape index (κ3) is 5.01. The number of rotatable bonds is 6. The molecule has 1 atom stereocenters. The van der Waals surface area contributed by atoms with Gasteiger partial charge < -0.3 is 19.5 Å². The molecule has 0 aliphatic heterocycles. The first-order valence-electron chi connectivity index (χ1n) is 8.31. The van der Waals surface area contributed by atoms with Gasteiger partial charge in [0.1, 0.15) is 5.75 Å². The molecule has 2 aromatic rings. The Morgan fingerprint density at radius 2 is 1.68 bits per heavy atom. The quantitative estimate of drug-likeness (QED) is 0.738. The SMILES string of the molecule is COC(=O)c1ccc(C(=O)OC)c(NC(=O)[C@@H](C)Oc2ccc(Cl)c(C)c2)c1. The summed E-state index contributed by atoms with van der Waals surface area (Å²) in [5.74, 6) is -1.30. The Bertz CT molecular complexity index is 912. The van der Waals surface area contributed by atoms with Gasteiger partial charge in [0.05, 0.1) is 31.0 Å². The van der Waals surface area contributed by atoms with Crippen LogP contribution >= 0.6 is 11.6 Å². The van der Waals surface area contributed by atoms with Crippen molar-refractivity contribution < 1.29 is 28.6 Å². The molecule has 0 aliphatic carbocycles. The standard InChI is InChI=1S/C20H20ClNO6/c1-11-9-14(6-8-16(11)21)28-12(2)18(23)22-17-10-13(19(24)26-3)5-7-15(17)20(25)27-4/h5-10,12H,1-4H3,(H,22,23)/t12-/m1/s1. The van der Waals surface area contributed by atoms with Crippen LogP contribution in [-0.2, 0) is 14.3 Å². The van der Waals surface area contributed by atoms with E-state index in [4.69, 9.17) is 21.1 Å². The molecule has 0 saturated carbocycles. The van der Waals surface area contributed by atoms with Crippen LogP contribution in [-0.4, -0.2) is 38.2 Å². The van der Waals surface area contributed by atoms with Crippen molar-refractivity contribution >= 4 is 35.1 Å². The third-order valence-electron chi connectivity index (χ3n) is 3.92. The van der Waals surface area contributed by atoms with Crippen LogP contribution in [0.4, 0.5) is 5.69 Å². The van der Waals surface area contributed by atoms with E-state index >= 15 is 0 Å². The van der Waals surface area contributed by atoms with Crippen molar-refractivity contribution in [1.29, 1.82) is 0 Å². The molecule has 2 rings (SSSR count). The van der Waals surface area contributed by atoms with Crippen LogP contribution < -0.4 is 10.1 Å². The number of carbonyl (C=O) groups excluding carboxylic acids is 3. The third-order valence-corrected chi connectivity index (χ3v) is 4.34. The Hall–Kier alpha value is -3.06. The van der Waals surface area contributed by atoms with Gasteiger partial charge in [0, 0.05) is 5.02 Å². The Balaban J connectivity index is 2.23. The first-order chi connectivity index (χ1) is 13.3. The molecule has 0 unspecified atom stereocenters. The van der Waals surface area contributed by atoms with E-state index in [0.717, 1.165) is 5.56 Å². The fraction of sp³-hybridized carbons (Fsp3) is 0.250. The number of ether oxygens (including phenoxy) is 3. The number of aryl methyl sites for hydroxylation is 1. The number of methoxy groups -OCH3 is 2. The van der Waals surface area contributed by atoms with Gasteiger partial charge in [0.25, 0.3) is 5.91 Å². The number of hydrogen-bond acceptors (Lipinski definition) is 6. The van der Waals surface area contributed by atoms with Gasteiger partial charge in [-0.25, -0.2) is 9.59 Å². The highest BCUT2D eigenvalue weighted by molar-refractivity contribution is 6.31. The number of benzene rings is 2. The molecule has 1 N–H and O–H groups in total. The highest BCUT2D eigenvalue weighted by Gasteiger charge is 2.21. The van der Waals surface area contributed by atoms with E-state index in [-0.39, 0.29) is 16.8 Å². The second-order valence-electron chi connectivity index (χ2n) is 5.90. The topological polar surface area (TPSA) is 90.9 Å². The number of esters is 2. The zero-order valence-electron chi connectivity index (χ0n) is 15.9. The van der Waals surface area contributed by atoms with E-state index in [1.54, 1.807) is 25.1 Å². The Morgan fingerprint density at radius 1 is 1.00 bits per heavy atom. The Morgan fingerprint density at radius 3 is 2.29 bits per heavy atom. The van der Waals surface area contributed by atoms with Crippen LogP contribution in [0, 0.1) is 6.92 Å². The van der Waals surface area contributed by atoms with Gasteiger partial charge in [0.2, 0.25) is 0 Å². The van der Waals surface area contributed by atoms with Crippen LogP contribution in [0.3, 0.4) is 0 Å². The van der Waals surface area contributed by atoms with Crippen LogP contribution in [0.1, 0.15) is 33.2 Å². The highest BCUT2D eigenvalue weighted by Crippen LogP contribution is 2.23. The van der Waals surface area contributed by atoms with E-state index in [0.29, 0.717) is 10.8 Å². The molecule has 0 bridgehead atoms. The summed E-state index contributed by atoms with van der Waals surface area (Å²) >= 11 is 5.98. The monoisotopic (exact) mass is 405 g/mol. The van der Waals surface area contributed by atoms with Crippen LogP contribution in [0.2, 0.25) is 5.02 Å². The molecular formula is C20H20ClNO6. The van der Waals surface area contributed by atoms with Gasteiger partial charge in [-0.2, -0.15) is 0 Å². The van der Waals surface area contributed by atoms with Gasteiger partial charge >= 0.3 is 11.9 Å². The first kappa shape index (κ1) is 21.2. The van der Waals surface area contributed by atoms with Crippen molar-refractivity contribution in [3.63, 3.8) is 0 Å². The minimum atomic E-state index is -0.882. The van der Waals surface area contributed by atoms with Crippen LogP contribution in [0.25, 0.3) is 0 Å². The van der Waals surface area contributed by atoms with Gasteiger partial charge in [-0.1, -0.05) is 11.6 Å². The van der Waals surface area contributed by atoms with Crippen LogP contribution in [0.15, 0.2) is 36.4 Å². The van der Waals surface area contributed by atoms with Gasteiger partial charge in [0.15, 0.2) is 6.10 Å². The number of hydrogen-bond donors (Lipinski definition) is 1. The molecule has 0 aromatic heterocycles. The fourth-order valence-corrected chi connectivity index (χ4v) is 2.48. The van der Waals surface area contributed by atoms with Crippen molar-refractivity contribution in [2.75, 3.05) is 19.5 Å². The number of anilines is 1. The number of nitrogens with one attached hydrogen (secondary N) is 1. The Labute approximate surface area is 167 Å². The summed E-state index contributed by atoms with van der Waals surface area (Å²) in [6, 6.07) is 9.16. The van der Waals surface area contributed by atoms with Crippen LogP contribution in [0.5, 0.6) is 5.75 Å². The molecule has 0 aliphatic rings. The molecule has 0 spiro atoms. The molecule has 0 fully saturated rings. The molecule has 0 heterocycles. The van der Waals surface area contributed by atoms with Gasteiger partial charge in [-0.05, 0) is 55.8 Å². The maximum Gasteiger partial charge on any atom is 0.339 e. The Kier molecular flexibility index (Phi) is 7.00. The molecule has 28 heavy (non-hydrogen) atoms. The van der Waals surface area contributed by atoms with Crippen molar-refractivity contribution in [3.8, 4) is 5.75 Å².